The number of hydrogen-bond acceptors (Lipinski definition) is 5. The van der Waals surface area contributed by atoms with Gasteiger partial charge in [0.2, 0.25) is 0 Å². The molecule has 0 unspecified atom stereocenters. The molecule has 0 saturated heterocycles. The van der Waals surface area contributed by atoms with Gasteiger partial charge in [0.05, 0.1) is 24.6 Å². The van der Waals surface area contributed by atoms with E-state index >= 15 is 0 Å². The number of nitrogens with one attached hydrogen (secondary N) is 1. The van der Waals surface area contributed by atoms with Gasteiger partial charge < -0.3 is 5.32 Å². The zero-order chi connectivity index (χ0) is 13.1. The Kier molecular flexibility index (Phi) is 3.40. The van der Waals surface area contributed by atoms with Gasteiger partial charge in [-0.3, -0.25) is 9.48 Å². The minimum Gasteiger partial charge on any atom is -0.381 e. The van der Waals surface area contributed by atoms with Crippen molar-refractivity contribution in [3.05, 3.63) is 34.5 Å². The zero-order valence-electron chi connectivity index (χ0n) is 10.7. The van der Waals surface area contributed by atoms with E-state index in [4.69, 9.17) is 0 Å². The largest absolute Gasteiger partial charge is 0.381 e. The first-order chi connectivity index (χ1) is 8.54. The first-order valence-corrected chi connectivity index (χ1v) is 5.73. The quantitative estimate of drug-likeness (QED) is 0.838. The lowest BCUT2D eigenvalue weighted by Crippen LogP contribution is -2.24. The van der Waals surface area contributed by atoms with Crippen LogP contribution in [-0.2, 0) is 13.6 Å². The van der Waals surface area contributed by atoms with Gasteiger partial charge in [-0.1, -0.05) is 5.21 Å². The SMILES string of the molecule is CC(C)Nc1cnn(Cc2cn(C)nn2)c(=O)c1. The second-order valence-electron chi connectivity index (χ2n) is 4.42. The number of hydrogen-bond donors (Lipinski definition) is 1. The molecule has 0 radical (unpaired) electrons. The molecular weight excluding hydrogens is 232 g/mol. The fourth-order valence-corrected chi connectivity index (χ4v) is 1.59. The topological polar surface area (TPSA) is 77.6 Å². The van der Waals surface area contributed by atoms with Gasteiger partial charge in [0.25, 0.3) is 5.56 Å². The van der Waals surface area contributed by atoms with Gasteiger partial charge in [0.1, 0.15) is 5.69 Å². The summed E-state index contributed by atoms with van der Waals surface area (Å²) in [5.74, 6) is 0. The molecule has 0 saturated carbocycles. The van der Waals surface area contributed by atoms with Crippen LogP contribution in [0.25, 0.3) is 0 Å². The van der Waals surface area contributed by atoms with E-state index in [1.165, 1.54) is 10.7 Å². The molecule has 0 atom stereocenters. The average molecular weight is 248 g/mol. The van der Waals surface area contributed by atoms with Crippen molar-refractivity contribution < 1.29 is 0 Å². The molecule has 1 N–H and O–H groups in total. The van der Waals surface area contributed by atoms with Gasteiger partial charge in [0, 0.05) is 19.2 Å². The Balaban J connectivity index is 2.17. The summed E-state index contributed by atoms with van der Waals surface area (Å²) in [6.07, 6.45) is 3.40. The third kappa shape index (κ3) is 2.93. The lowest BCUT2D eigenvalue weighted by atomic mass is 10.3. The maximum absolute atomic E-state index is 11.8. The van der Waals surface area contributed by atoms with E-state index in [0.717, 1.165) is 5.69 Å². The molecular formula is C11H16N6O. The highest BCUT2D eigenvalue weighted by atomic mass is 16.1. The van der Waals surface area contributed by atoms with Crippen LogP contribution >= 0.6 is 0 Å². The molecule has 7 heteroatoms. The van der Waals surface area contributed by atoms with E-state index in [1.807, 2.05) is 13.8 Å². The summed E-state index contributed by atoms with van der Waals surface area (Å²) in [4.78, 5) is 11.8. The van der Waals surface area contributed by atoms with Gasteiger partial charge in [-0.15, -0.1) is 5.10 Å². The maximum atomic E-state index is 11.8. The summed E-state index contributed by atoms with van der Waals surface area (Å²) < 4.78 is 2.95. The second kappa shape index (κ2) is 4.99. The molecule has 0 fully saturated rings. The van der Waals surface area contributed by atoms with E-state index in [1.54, 1.807) is 24.1 Å². The van der Waals surface area contributed by atoms with Crippen molar-refractivity contribution in [1.29, 1.82) is 0 Å². The van der Waals surface area contributed by atoms with Gasteiger partial charge in [0.15, 0.2) is 0 Å². The van der Waals surface area contributed by atoms with Crippen LogP contribution in [0.5, 0.6) is 0 Å². The third-order valence-electron chi connectivity index (χ3n) is 2.29. The first kappa shape index (κ1) is 12.3. The standard InChI is InChI=1S/C11H16N6O/c1-8(2)13-9-4-11(18)17(12-5-9)7-10-6-16(3)15-14-10/h4-6,8,13H,7H2,1-3H3. The highest BCUT2D eigenvalue weighted by molar-refractivity contribution is 5.39. The van der Waals surface area contributed by atoms with E-state index < -0.39 is 0 Å². The predicted octanol–water partition coefficient (Wildman–Crippen LogP) is 0.240. The Morgan fingerprint density at radius 2 is 2.22 bits per heavy atom. The molecule has 18 heavy (non-hydrogen) atoms. The molecule has 0 spiro atoms. The summed E-state index contributed by atoms with van der Waals surface area (Å²) in [7, 11) is 1.78. The molecule has 0 amide bonds. The zero-order valence-corrected chi connectivity index (χ0v) is 10.7. The van der Waals surface area contributed by atoms with Crippen LogP contribution < -0.4 is 10.9 Å². The van der Waals surface area contributed by atoms with Crippen LogP contribution in [0.15, 0.2) is 23.3 Å². The molecule has 0 aliphatic heterocycles. The fourth-order valence-electron chi connectivity index (χ4n) is 1.59. The van der Waals surface area contributed by atoms with E-state index in [-0.39, 0.29) is 11.6 Å². The van der Waals surface area contributed by atoms with Crippen LogP contribution in [-0.4, -0.2) is 30.8 Å². The fraction of sp³-hybridized carbons (Fsp3) is 0.455. The normalized spacial score (nSPS) is 10.9. The van der Waals surface area contributed by atoms with Gasteiger partial charge in [-0.25, -0.2) is 4.68 Å². The van der Waals surface area contributed by atoms with Crippen LogP contribution in [0.3, 0.4) is 0 Å². The molecule has 0 aromatic carbocycles. The summed E-state index contributed by atoms with van der Waals surface area (Å²) in [6.45, 7) is 4.34. The second-order valence-corrected chi connectivity index (χ2v) is 4.42. The number of anilines is 1. The Labute approximate surface area is 104 Å². The van der Waals surface area contributed by atoms with Crippen LogP contribution in [0.4, 0.5) is 5.69 Å². The van der Waals surface area contributed by atoms with Crippen LogP contribution in [0, 0.1) is 0 Å². The number of nitrogens with zero attached hydrogens (tertiary/aromatic N) is 5. The summed E-state index contributed by atoms with van der Waals surface area (Å²) >= 11 is 0. The minimum atomic E-state index is -0.161. The lowest BCUT2D eigenvalue weighted by molar-refractivity contribution is 0.625. The Morgan fingerprint density at radius 3 is 2.78 bits per heavy atom. The molecule has 2 aromatic rings. The van der Waals surface area contributed by atoms with E-state index in [9.17, 15) is 4.79 Å². The molecule has 0 bridgehead atoms. The number of rotatable bonds is 4. The predicted molar refractivity (Wildman–Crippen MR) is 67.4 cm³/mol. The smallest absolute Gasteiger partial charge is 0.269 e. The molecule has 96 valence electrons. The van der Waals surface area contributed by atoms with Crippen molar-refractivity contribution in [1.82, 2.24) is 24.8 Å². The molecule has 0 aliphatic rings. The van der Waals surface area contributed by atoms with Crippen molar-refractivity contribution in [3.63, 3.8) is 0 Å². The van der Waals surface area contributed by atoms with E-state index in [2.05, 4.69) is 20.7 Å². The molecule has 2 rings (SSSR count). The maximum Gasteiger partial charge on any atom is 0.269 e. The van der Waals surface area contributed by atoms with Crippen molar-refractivity contribution in [2.75, 3.05) is 5.32 Å². The van der Waals surface area contributed by atoms with Crippen molar-refractivity contribution in [3.8, 4) is 0 Å². The third-order valence-corrected chi connectivity index (χ3v) is 2.29. The first-order valence-electron chi connectivity index (χ1n) is 5.73. The van der Waals surface area contributed by atoms with Crippen LogP contribution in [0.1, 0.15) is 19.5 Å². The van der Waals surface area contributed by atoms with Crippen molar-refractivity contribution in [2.45, 2.75) is 26.4 Å². The Morgan fingerprint density at radius 1 is 1.44 bits per heavy atom. The van der Waals surface area contributed by atoms with Crippen molar-refractivity contribution in [2.24, 2.45) is 7.05 Å². The highest BCUT2D eigenvalue weighted by Crippen LogP contribution is 2.02. The molecule has 0 aliphatic carbocycles. The molecule has 7 nitrogen and oxygen atoms in total. The van der Waals surface area contributed by atoms with Crippen LogP contribution in [0.2, 0.25) is 0 Å². The number of aryl methyl sites for hydroxylation is 1. The van der Waals surface area contributed by atoms with Crippen molar-refractivity contribution >= 4 is 5.69 Å². The summed E-state index contributed by atoms with van der Waals surface area (Å²) in [6, 6.07) is 1.80. The Hall–Kier alpha value is -2.18. The van der Waals surface area contributed by atoms with E-state index in [0.29, 0.717) is 12.2 Å². The van der Waals surface area contributed by atoms with Gasteiger partial charge in [-0.2, -0.15) is 5.10 Å². The number of aromatic nitrogens is 5. The lowest BCUT2D eigenvalue weighted by Gasteiger charge is -2.09. The van der Waals surface area contributed by atoms with Gasteiger partial charge >= 0.3 is 0 Å². The average Bonchev–Trinajstić information content (AvgIpc) is 2.67. The summed E-state index contributed by atoms with van der Waals surface area (Å²) in [5.41, 5.74) is 1.27. The summed E-state index contributed by atoms with van der Waals surface area (Å²) in [5, 5.41) is 15.0. The monoisotopic (exact) mass is 248 g/mol. The van der Waals surface area contributed by atoms with Gasteiger partial charge in [-0.05, 0) is 13.8 Å². The molecule has 2 aromatic heterocycles. The molecule has 2 heterocycles. The highest BCUT2D eigenvalue weighted by Gasteiger charge is 2.04. The Bertz CT molecular complexity index is 585. The minimum absolute atomic E-state index is 0.161.